The molecule has 1 N–H and O–H groups in total. The molecule has 1 aliphatic heterocycles. The van der Waals surface area contributed by atoms with Crippen LogP contribution in [0.1, 0.15) is 36.2 Å². The van der Waals surface area contributed by atoms with Crippen LogP contribution < -0.4 is 10.2 Å². The summed E-state index contributed by atoms with van der Waals surface area (Å²) in [6.45, 7) is 3.19. The van der Waals surface area contributed by atoms with Crippen LogP contribution in [0, 0.1) is 0 Å². The van der Waals surface area contributed by atoms with Crippen molar-refractivity contribution in [2.24, 2.45) is 0 Å². The number of pyridine rings is 1. The summed E-state index contributed by atoms with van der Waals surface area (Å²) in [6, 6.07) is 3.78. The lowest BCUT2D eigenvalue weighted by Crippen LogP contribution is -2.28. The molecule has 1 fully saturated rings. The van der Waals surface area contributed by atoms with Crippen LogP contribution in [0.5, 0.6) is 0 Å². The number of ether oxygens (including phenoxy) is 1. The van der Waals surface area contributed by atoms with Gasteiger partial charge in [-0.2, -0.15) is 0 Å². The van der Waals surface area contributed by atoms with E-state index in [0.717, 1.165) is 18.8 Å². The van der Waals surface area contributed by atoms with Gasteiger partial charge in [0.05, 0.1) is 18.5 Å². The van der Waals surface area contributed by atoms with E-state index in [2.05, 4.69) is 15.2 Å². The zero-order valence-corrected chi connectivity index (χ0v) is 12.1. The molecule has 5 heteroatoms. The number of carbonyl (C=O) groups excluding carboxylic acids is 1. The largest absolute Gasteiger partial charge is 0.383 e. The fourth-order valence-electron chi connectivity index (χ4n) is 2.39. The summed E-state index contributed by atoms with van der Waals surface area (Å²) in [5.41, 5.74) is 1.57. The second-order valence-corrected chi connectivity index (χ2v) is 5.05. The summed E-state index contributed by atoms with van der Waals surface area (Å²) < 4.78 is 4.90. The Bertz CT molecular complexity index is 412. The summed E-state index contributed by atoms with van der Waals surface area (Å²) in [5.74, 6) is -0.149. The van der Waals surface area contributed by atoms with Gasteiger partial charge < -0.3 is 15.0 Å². The van der Waals surface area contributed by atoms with Gasteiger partial charge in [-0.05, 0) is 25.0 Å². The number of rotatable bonds is 5. The summed E-state index contributed by atoms with van der Waals surface area (Å²) in [5, 5.41) is 2.77. The first kappa shape index (κ1) is 14.8. The van der Waals surface area contributed by atoms with Gasteiger partial charge in [0, 0.05) is 26.7 Å². The Morgan fingerprint density at radius 3 is 2.65 bits per heavy atom. The highest BCUT2D eigenvalue weighted by Gasteiger charge is 2.11. The lowest BCUT2D eigenvalue weighted by molar-refractivity contribution is 0.0932. The molecular weight excluding hydrogens is 254 g/mol. The van der Waals surface area contributed by atoms with Crippen molar-refractivity contribution in [2.45, 2.75) is 25.7 Å². The van der Waals surface area contributed by atoms with Crippen molar-refractivity contribution in [3.63, 3.8) is 0 Å². The van der Waals surface area contributed by atoms with Gasteiger partial charge in [-0.25, -0.2) is 4.98 Å². The van der Waals surface area contributed by atoms with Gasteiger partial charge >= 0.3 is 0 Å². The first-order valence-corrected chi connectivity index (χ1v) is 7.29. The van der Waals surface area contributed by atoms with Crippen LogP contribution in [-0.4, -0.2) is 44.2 Å². The van der Waals surface area contributed by atoms with Gasteiger partial charge in [-0.3, -0.25) is 4.79 Å². The molecule has 0 saturated carbocycles. The lowest BCUT2D eigenvalue weighted by atomic mass is 10.2. The molecule has 1 saturated heterocycles. The van der Waals surface area contributed by atoms with E-state index in [4.69, 9.17) is 4.74 Å². The zero-order valence-electron chi connectivity index (χ0n) is 12.1. The Labute approximate surface area is 120 Å². The van der Waals surface area contributed by atoms with Crippen LogP contribution in [0.4, 0.5) is 5.69 Å². The molecule has 0 unspecified atom stereocenters. The minimum absolute atomic E-state index is 0.149. The molecule has 1 amide bonds. The van der Waals surface area contributed by atoms with E-state index in [0.29, 0.717) is 18.8 Å². The van der Waals surface area contributed by atoms with Gasteiger partial charge in [-0.1, -0.05) is 12.8 Å². The average Bonchev–Trinajstić information content (AvgIpc) is 2.77. The summed E-state index contributed by atoms with van der Waals surface area (Å²) in [7, 11) is 1.61. The van der Waals surface area contributed by atoms with E-state index in [1.54, 1.807) is 19.4 Å². The zero-order chi connectivity index (χ0) is 14.2. The van der Waals surface area contributed by atoms with Crippen molar-refractivity contribution >= 4 is 11.6 Å². The molecule has 0 spiro atoms. The van der Waals surface area contributed by atoms with Crippen molar-refractivity contribution in [1.82, 2.24) is 10.3 Å². The third-order valence-electron chi connectivity index (χ3n) is 3.54. The van der Waals surface area contributed by atoms with E-state index in [1.807, 2.05) is 6.07 Å². The van der Waals surface area contributed by atoms with Gasteiger partial charge in [0.15, 0.2) is 0 Å². The molecule has 1 aromatic heterocycles. The molecule has 0 aromatic carbocycles. The fourth-order valence-corrected chi connectivity index (χ4v) is 2.39. The van der Waals surface area contributed by atoms with Crippen LogP contribution in [0.15, 0.2) is 18.3 Å². The quantitative estimate of drug-likeness (QED) is 0.834. The number of methoxy groups -OCH3 is 1. The van der Waals surface area contributed by atoms with E-state index < -0.39 is 0 Å². The first-order valence-electron chi connectivity index (χ1n) is 7.29. The highest BCUT2D eigenvalue weighted by molar-refractivity contribution is 5.92. The maximum Gasteiger partial charge on any atom is 0.269 e. The second kappa shape index (κ2) is 7.85. The minimum atomic E-state index is -0.149. The molecule has 2 rings (SSSR count). The molecule has 0 atom stereocenters. The van der Waals surface area contributed by atoms with Crippen LogP contribution in [-0.2, 0) is 4.74 Å². The van der Waals surface area contributed by atoms with Crippen LogP contribution in [0.2, 0.25) is 0 Å². The molecule has 1 aliphatic rings. The Balaban J connectivity index is 1.93. The first-order chi connectivity index (χ1) is 9.81. The van der Waals surface area contributed by atoms with Crippen LogP contribution in [0.3, 0.4) is 0 Å². The molecule has 0 radical (unpaired) electrons. The summed E-state index contributed by atoms with van der Waals surface area (Å²) >= 11 is 0. The highest BCUT2D eigenvalue weighted by atomic mass is 16.5. The van der Waals surface area contributed by atoms with Gasteiger partial charge in [0.1, 0.15) is 5.69 Å². The van der Waals surface area contributed by atoms with E-state index >= 15 is 0 Å². The number of nitrogens with zero attached hydrogens (tertiary/aromatic N) is 2. The number of anilines is 1. The molecule has 110 valence electrons. The number of aromatic nitrogens is 1. The predicted octanol–water partition coefficient (Wildman–Crippen LogP) is 1.84. The van der Waals surface area contributed by atoms with Crippen LogP contribution in [0.25, 0.3) is 0 Å². The Morgan fingerprint density at radius 2 is 2.05 bits per heavy atom. The van der Waals surface area contributed by atoms with E-state index in [9.17, 15) is 4.79 Å². The van der Waals surface area contributed by atoms with Crippen molar-refractivity contribution in [1.29, 1.82) is 0 Å². The van der Waals surface area contributed by atoms with E-state index in [1.165, 1.54) is 25.7 Å². The van der Waals surface area contributed by atoms with Gasteiger partial charge in [0.25, 0.3) is 5.91 Å². The third kappa shape index (κ3) is 4.20. The smallest absolute Gasteiger partial charge is 0.269 e. The average molecular weight is 277 g/mol. The number of hydrogen-bond donors (Lipinski definition) is 1. The maximum atomic E-state index is 11.8. The Hall–Kier alpha value is -1.62. The van der Waals surface area contributed by atoms with Crippen molar-refractivity contribution in [3.8, 4) is 0 Å². The number of nitrogens with one attached hydrogen (secondary N) is 1. The molecule has 1 aromatic rings. The normalized spacial score (nSPS) is 15.8. The van der Waals surface area contributed by atoms with Gasteiger partial charge in [-0.15, -0.1) is 0 Å². The molecule has 2 heterocycles. The molecule has 0 bridgehead atoms. The van der Waals surface area contributed by atoms with E-state index in [-0.39, 0.29) is 5.91 Å². The van der Waals surface area contributed by atoms with Crippen molar-refractivity contribution in [2.75, 3.05) is 38.3 Å². The predicted molar refractivity (Wildman–Crippen MR) is 79.1 cm³/mol. The standard InChI is InChI=1S/C15H23N3O2/c1-20-11-8-16-15(19)14-7-6-13(12-17-14)18-9-4-2-3-5-10-18/h6-7,12H,2-5,8-11H2,1H3,(H,16,19). The van der Waals surface area contributed by atoms with Crippen LogP contribution >= 0.6 is 0 Å². The number of amides is 1. The van der Waals surface area contributed by atoms with Crippen molar-refractivity contribution in [3.05, 3.63) is 24.0 Å². The Kier molecular flexibility index (Phi) is 5.80. The minimum Gasteiger partial charge on any atom is -0.383 e. The monoisotopic (exact) mass is 277 g/mol. The van der Waals surface area contributed by atoms with Crippen molar-refractivity contribution < 1.29 is 9.53 Å². The highest BCUT2D eigenvalue weighted by Crippen LogP contribution is 2.18. The number of carbonyl (C=O) groups is 1. The fraction of sp³-hybridized carbons (Fsp3) is 0.600. The topological polar surface area (TPSA) is 54.5 Å². The maximum absolute atomic E-state index is 11.8. The number of hydrogen-bond acceptors (Lipinski definition) is 4. The van der Waals surface area contributed by atoms with Gasteiger partial charge in [0.2, 0.25) is 0 Å². The molecule has 0 aliphatic carbocycles. The molecular formula is C15H23N3O2. The molecule has 20 heavy (non-hydrogen) atoms. The second-order valence-electron chi connectivity index (χ2n) is 5.05. The summed E-state index contributed by atoms with van der Waals surface area (Å²) in [6.07, 6.45) is 6.89. The lowest BCUT2D eigenvalue weighted by Gasteiger charge is -2.22. The Morgan fingerprint density at radius 1 is 1.30 bits per heavy atom. The molecule has 5 nitrogen and oxygen atoms in total. The third-order valence-corrected chi connectivity index (χ3v) is 3.54. The SMILES string of the molecule is COCCNC(=O)c1ccc(N2CCCCCC2)cn1. The summed E-state index contributed by atoms with van der Waals surface area (Å²) in [4.78, 5) is 18.4.